The van der Waals surface area contributed by atoms with Crippen LogP contribution in [0.1, 0.15) is 41.5 Å². The fourth-order valence-electron chi connectivity index (χ4n) is 4.62. The van der Waals surface area contributed by atoms with Gasteiger partial charge >= 0.3 is 0 Å². The van der Waals surface area contributed by atoms with Crippen LogP contribution in [0.15, 0.2) is 48.8 Å². The molecule has 4 heterocycles. The van der Waals surface area contributed by atoms with Crippen molar-refractivity contribution < 1.29 is 9.59 Å². The number of aromatic nitrogens is 4. The van der Waals surface area contributed by atoms with Crippen molar-refractivity contribution in [2.75, 3.05) is 18.0 Å². The largest absolute Gasteiger partial charge is 0.331 e. The summed E-state index contributed by atoms with van der Waals surface area (Å²) in [6.07, 6.45) is 6.29. The normalized spacial score (nSPS) is 17.8. The van der Waals surface area contributed by atoms with Gasteiger partial charge in [0.05, 0.1) is 12.5 Å². The van der Waals surface area contributed by atoms with Crippen LogP contribution in [0.2, 0.25) is 0 Å². The minimum absolute atomic E-state index is 0.00922. The molecule has 32 heavy (non-hydrogen) atoms. The number of benzene rings is 1. The third-order valence-corrected chi connectivity index (χ3v) is 6.29. The van der Waals surface area contributed by atoms with Crippen molar-refractivity contribution in [2.45, 2.75) is 45.2 Å². The van der Waals surface area contributed by atoms with E-state index in [1.165, 1.54) is 5.56 Å². The summed E-state index contributed by atoms with van der Waals surface area (Å²) in [5.74, 6) is 1.41. The highest BCUT2D eigenvalue weighted by molar-refractivity contribution is 6.00. The lowest BCUT2D eigenvalue weighted by molar-refractivity contribution is -0.133. The lowest BCUT2D eigenvalue weighted by atomic mass is 10.1. The van der Waals surface area contributed by atoms with E-state index >= 15 is 0 Å². The van der Waals surface area contributed by atoms with Crippen molar-refractivity contribution >= 4 is 17.6 Å². The molecule has 1 saturated heterocycles. The fraction of sp³-hybridized carbons (Fsp3) is 0.375. The first-order valence-electron chi connectivity index (χ1n) is 11.1. The molecule has 1 aromatic carbocycles. The van der Waals surface area contributed by atoms with Crippen LogP contribution in [0.4, 0.5) is 5.82 Å². The van der Waals surface area contributed by atoms with Gasteiger partial charge in [0.25, 0.3) is 0 Å². The zero-order chi connectivity index (χ0) is 22.1. The number of likely N-dealkylation sites (tertiary alicyclic amines) is 1. The van der Waals surface area contributed by atoms with Gasteiger partial charge in [-0.2, -0.15) is 5.10 Å². The second-order valence-corrected chi connectivity index (χ2v) is 8.38. The van der Waals surface area contributed by atoms with Crippen molar-refractivity contribution in [1.29, 1.82) is 0 Å². The molecule has 3 aromatic rings. The molecule has 2 aliphatic heterocycles. The Morgan fingerprint density at radius 2 is 2.00 bits per heavy atom. The molecule has 0 spiro atoms. The zero-order valence-corrected chi connectivity index (χ0v) is 18.1. The molecule has 1 unspecified atom stereocenters. The van der Waals surface area contributed by atoms with E-state index in [2.05, 4.69) is 17.2 Å². The summed E-state index contributed by atoms with van der Waals surface area (Å²) in [4.78, 5) is 38.9. The number of rotatable bonds is 6. The Kier molecular flexibility index (Phi) is 5.43. The molecule has 8 nitrogen and oxygen atoms in total. The summed E-state index contributed by atoms with van der Waals surface area (Å²) in [7, 11) is 0. The number of amides is 2. The number of fused-ring (bicyclic) bond motifs is 1. The molecule has 0 N–H and O–H groups in total. The predicted molar refractivity (Wildman–Crippen MR) is 119 cm³/mol. The quantitative estimate of drug-likeness (QED) is 0.600. The molecule has 0 bridgehead atoms. The molecular weight excluding hydrogens is 404 g/mol. The SMILES string of the molecule is Cc1nc(C2CCCN2C(=O)Cn2cccn2)nc2c1CC(=O)N2CCc1ccccc1. The van der Waals surface area contributed by atoms with Crippen LogP contribution in [0, 0.1) is 6.92 Å². The van der Waals surface area contributed by atoms with Crippen molar-refractivity contribution in [1.82, 2.24) is 24.6 Å². The lowest BCUT2D eigenvalue weighted by Crippen LogP contribution is -2.35. The number of hydrogen-bond donors (Lipinski definition) is 0. The highest BCUT2D eigenvalue weighted by Gasteiger charge is 2.36. The summed E-state index contributed by atoms with van der Waals surface area (Å²) in [6, 6.07) is 11.8. The Balaban J connectivity index is 1.38. The fourth-order valence-corrected chi connectivity index (χ4v) is 4.62. The second-order valence-electron chi connectivity index (χ2n) is 8.38. The summed E-state index contributed by atoms with van der Waals surface area (Å²) < 4.78 is 1.64. The van der Waals surface area contributed by atoms with Gasteiger partial charge in [-0.15, -0.1) is 0 Å². The van der Waals surface area contributed by atoms with Crippen LogP contribution >= 0.6 is 0 Å². The highest BCUT2D eigenvalue weighted by Crippen LogP contribution is 2.35. The van der Waals surface area contributed by atoms with Crippen molar-refractivity contribution in [3.8, 4) is 0 Å². The number of carbonyl (C=O) groups excluding carboxylic acids is 2. The lowest BCUT2D eigenvalue weighted by Gasteiger charge is -2.25. The number of nitrogens with zero attached hydrogens (tertiary/aromatic N) is 6. The standard InChI is InChI=1S/C24H26N6O2/c1-17-19-15-21(31)30(14-10-18-7-3-2-4-8-18)24(19)27-23(26-17)20-9-5-13-29(20)22(32)16-28-12-6-11-25-28/h2-4,6-8,11-12,20H,5,9-10,13-16H2,1H3. The Morgan fingerprint density at radius 3 is 2.78 bits per heavy atom. The molecule has 0 saturated carbocycles. The number of anilines is 1. The second kappa shape index (κ2) is 8.53. The first-order valence-corrected chi connectivity index (χ1v) is 11.1. The molecule has 2 amide bonds. The van der Waals surface area contributed by atoms with Gasteiger partial charge in [0.1, 0.15) is 12.4 Å². The molecule has 164 valence electrons. The van der Waals surface area contributed by atoms with Gasteiger partial charge in [-0.05, 0) is 37.8 Å². The van der Waals surface area contributed by atoms with Gasteiger partial charge in [-0.3, -0.25) is 19.2 Å². The van der Waals surface area contributed by atoms with Gasteiger partial charge in [0, 0.05) is 36.7 Å². The maximum Gasteiger partial charge on any atom is 0.244 e. The van der Waals surface area contributed by atoms with Crippen LogP contribution < -0.4 is 4.90 Å². The average Bonchev–Trinajstić information content (AvgIpc) is 3.53. The van der Waals surface area contributed by atoms with E-state index in [0.29, 0.717) is 31.2 Å². The summed E-state index contributed by atoms with van der Waals surface area (Å²) >= 11 is 0. The van der Waals surface area contributed by atoms with Gasteiger partial charge < -0.3 is 4.90 Å². The molecule has 0 aliphatic carbocycles. The van der Waals surface area contributed by atoms with E-state index in [4.69, 9.17) is 9.97 Å². The van der Waals surface area contributed by atoms with E-state index in [0.717, 1.165) is 30.5 Å². The van der Waals surface area contributed by atoms with Crippen LogP contribution in [-0.2, 0) is 29.0 Å². The van der Waals surface area contributed by atoms with E-state index in [1.54, 1.807) is 22.0 Å². The predicted octanol–water partition coefficient (Wildman–Crippen LogP) is 2.48. The molecule has 1 atom stereocenters. The first kappa shape index (κ1) is 20.4. The van der Waals surface area contributed by atoms with Gasteiger partial charge in [-0.25, -0.2) is 9.97 Å². The van der Waals surface area contributed by atoms with Gasteiger partial charge in [0.2, 0.25) is 11.8 Å². The molecule has 2 aromatic heterocycles. The first-order chi connectivity index (χ1) is 15.6. The maximum absolute atomic E-state index is 12.9. The van der Waals surface area contributed by atoms with Gasteiger partial charge in [-0.1, -0.05) is 30.3 Å². The van der Waals surface area contributed by atoms with E-state index in [-0.39, 0.29) is 24.4 Å². The third-order valence-electron chi connectivity index (χ3n) is 6.29. The summed E-state index contributed by atoms with van der Waals surface area (Å²) in [6.45, 7) is 3.40. The van der Waals surface area contributed by atoms with Crippen LogP contribution in [0.3, 0.4) is 0 Å². The van der Waals surface area contributed by atoms with Gasteiger partial charge in [0.15, 0.2) is 5.82 Å². The molecule has 2 aliphatic rings. The zero-order valence-electron chi connectivity index (χ0n) is 18.1. The van der Waals surface area contributed by atoms with Crippen molar-refractivity contribution in [3.05, 3.63) is 71.4 Å². The minimum Gasteiger partial charge on any atom is -0.331 e. The Bertz CT molecular complexity index is 1130. The van der Waals surface area contributed by atoms with Crippen LogP contribution in [-0.4, -0.2) is 49.6 Å². The monoisotopic (exact) mass is 430 g/mol. The Hall–Kier alpha value is -3.55. The third kappa shape index (κ3) is 3.88. The van der Waals surface area contributed by atoms with Crippen LogP contribution in [0.5, 0.6) is 0 Å². The smallest absolute Gasteiger partial charge is 0.244 e. The average molecular weight is 431 g/mol. The number of aryl methyl sites for hydroxylation is 1. The highest BCUT2D eigenvalue weighted by atomic mass is 16.2. The van der Waals surface area contributed by atoms with E-state index in [1.807, 2.05) is 36.1 Å². The minimum atomic E-state index is -0.172. The molecular formula is C24H26N6O2. The topological polar surface area (TPSA) is 84.2 Å². The van der Waals surface area contributed by atoms with E-state index in [9.17, 15) is 9.59 Å². The Labute approximate surface area is 186 Å². The molecule has 5 rings (SSSR count). The molecule has 1 fully saturated rings. The van der Waals surface area contributed by atoms with E-state index < -0.39 is 0 Å². The van der Waals surface area contributed by atoms with Crippen molar-refractivity contribution in [2.24, 2.45) is 0 Å². The molecule has 0 radical (unpaired) electrons. The number of carbonyl (C=O) groups is 2. The number of hydrogen-bond acceptors (Lipinski definition) is 5. The summed E-state index contributed by atoms with van der Waals surface area (Å²) in [5.41, 5.74) is 2.91. The molecule has 8 heteroatoms. The Morgan fingerprint density at radius 1 is 1.16 bits per heavy atom. The van der Waals surface area contributed by atoms with Crippen LogP contribution in [0.25, 0.3) is 0 Å². The summed E-state index contributed by atoms with van der Waals surface area (Å²) in [5, 5.41) is 4.14. The maximum atomic E-state index is 12.9. The van der Waals surface area contributed by atoms with Crippen molar-refractivity contribution in [3.63, 3.8) is 0 Å².